The van der Waals surface area contributed by atoms with Crippen LogP contribution in [0.3, 0.4) is 0 Å². The lowest BCUT2D eigenvalue weighted by Crippen LogP contribution is -2.54. The van der Waals surface area contributed by atoms with E-state index in [-0.39, 0.29) is 30.9 Å². The number of nitrogens with zero attached hydrogens (tertiary/aromatic N) is 4. The first kappa shape index (κ1) is 26.7. The summed E-state index contributed by atoms with van der Waals surface area (Å²) in [5.74, 6) is 0. The maximum Gasteiger partial charge on any atom is 0.443 e. The van der Waals surface area contributed by atoms with Crippen molar-refractivity contribution in [2.24, 2.45) is 0 Å². The van der Waals surface area contributed by atoms with E-state index < -0.39 is 11.2 Å². The number of rotatable bonds is 5. The molecule has 12 heteroatoms. The van der Waals surface area contributed by atoms with Gasteiger partial charge in [0.05, 0.1) is 11.0 Å². The van der Waals surface area contributed by atoms with Gasteiger partial charge < -0.3 is 15.0 Å². The Balaban J connectivity index is 0.00000181. The molecule has 6 nitrogen and oxygen atoms in total. The normalized spacial score (nSPS) is 18.3. The monoisotopic (exact) mass is 511 g/mol. The average molecular weight is 512 g/mol. The summed E-state index contributed by atoms with van der Waals surface area (Å²) in [6.07, 6.45) is -0.263. The Morgan fingerprint density at radius 2 is 2.06 bits per heavy atom. The maximum absolute atomic E-state index is 13.4. The number of halogens is 5. The number of piperazine rings is 1. The largest absolute Gasteiger partial charge is 0.443 e. The molecule has 0 aromatic carbocycles. The standard InChI is InChI=1S/C20H24F3N5OS.2ClH/c1-3-27-8-9-28(12-14(27)6-10-29-2)17-15-13(5-4-7-24-15)11-25-18-16(17)26-19(30-18)20(21,22)23;;/h4-5,7,11,14,25H,3,6,8-10,12H2,1-2H3;2*1H. The zero-order chi connectivity index (χ0) is 21.3. The number of nitrogens with one attached hydrogen (secondary N) is 1. The number of hydrogen-bond donors (Lipinski definition) is 1. The molecule has 4 heterocycles. The van der Waals surface area contributed by atoms with Gasteiger partial charge in [-0.25, -0.2) is 4.98 Å². The summed E-state index contributed by atoms with van der Waals surface area (Å²) < 4.78 is 45.4. The molecule has 4 rings (SSSR count). The third-order valence-electron chi connectivity index (χ3n) is 5.50. The van der Waals surface area contributed by atoms with Crippen LogP contribution < -0.4 is 15.9 Å². The van der Waals surface area contributed by atoms with Gasteiger partial charge in [0.25, 0.3) is 0 Å². The Hall–Kier alpha value is -1.59. The van der Waals surface area contributed by atoms with Crippen LogP contribution in [-0.4, -0.2) is 65.7 Å². The van der Waals surface area contributed by atoms with Crippen LogP contribution >= 0.6 is 36.2 Å². The van der Waals surface area contributed by atoms with Gasteiger partial charge in [0.15, 0.2) is 0 Å². The van der Waals surface area contributed by atoms with Crippen molar-refractivity contribution in [2.75, 3.05) is 45.2 Å². The highest BCUT2D eigenvalue weighted by Gasteiger charge is 2.38. The molecule has 2 aromatic rings. The molecule has 0 radical (unpaired) electrons. The summed E-state index contributed by atoms with van der Waals surface area (Å²) >= 11 is 0.630. The van der Waals surface area contributed by atoms with E-state index in [4.69, 9.17) is 4.74 Å². The molecule has 1 atom stereocenters. The van der Waals surface area contributed by atoms with E-state index in [1.54, 1.807) is 19.5 Å². The number of anilines is 1. The Labute approximate surface area is 201 Å². The minimum atomic E-state index is -4.49. The van der Waals surface area contributed by atoms with Gasteiger partial charge >= 0.3 is 6.18 Å². The third kappa shape index (κ3) is 5.31. The minimum Gasteiger partial charge on any atom is -0.385 e. The smallest absolute Gasteiger partial charge is 0.385 e. The number of aromatic nitrogens is 2. The molecule has 2 aliphatic rings. The summed E-state index contributed by atoms with van der Waals surface area (Å²) in [7, 11) is 1.68. The summed E-state index contributed by atoms with van der Waals surface area (Å²) in [5, 5.41) is 4.04. The van der Waals surface area contributed by atoms with Crippen LogP contribution in [0.2, 0.25) is 0 Å². The average Bonchev–Trinajstić information content (AvgIpc) is 3.10. The molecule has 2 aromatic heterocycles. The molecule has 178 valence electrons. The first-order valence-electron chi connectivity index (χ1n) is 9.90. The van der Waals surface area contributed by atoms with Crippen molar-refractivity contribution >= 4 is 53.0 Å². The second-order valence-corrected chi connectivity index (χ2v) is 8.28. The molecule has 1 fully saturated rings. The first-order valence-corrected chi connectivity index (χ1v) is 10.7. The Morgan fingerprint density at radius 1 is 1.28 bits per heavy atom. The van der Waals surface area contributed by atoms with Gasteiger partial charge in [-0.15, -0.1) is 24.8 Å². The fraction of sp³-hybridized carbons (Fsp3) is 0.500. The molecule has 0 bridgehead atoms. The summed E-state index contributed by atoms with van der Waals surface area (Å²) in [5.41, 5.74) is 0.975. The minimum absolute atomic E-state index is 0. The molecule has 1 unspecified atom stereocenters. The molecule has 1 saturated heterocycles. The number of thiazole rings is 1. The molecule has 0 spiro atoms. The topological polar surface area (TPSA) is 53.5 Å². The molecule has 0 amide bonds. The van der Waals surface area contributed by atoms with E-state index in [1.165, 1.54) is 0 Å². The highest BCUT2D eigenvalue weighted by Crippen LogP contribution is 2.39. The van der Waals surface area contributed by atoms with Gasteiger partial charge in [0.1, 0.15) is 10.7 Å². The number of ether oxygens (including phenoxy) is 1. The molecular weight excluding hydrogens is 486 g/mol. The van der Waals surface area contributed by atoms with Crippen molar-refractivity contribution in [3.05, 3.63) is 39.6 Å². The molecule has 0 aliphatic carbocycles. The number of methoxy groups -OCH3 is 1. The number of likely N-dealkylation sites (N-methyl/N-ethyl adjacent to an activating group) is 1. The Morgan fingerprint density at radius 3 is 2.75 bits per heavy atom. The quantitative estimate of drug-likeness (QED) is 0.666. The van der Waals surface area contributed by atoms with Crippen molar-refractivity contribution in [3.8, 4) is 0 Å². The van der Waals surface area contributed by atoms with Crippen molar-refractivity contribution in [3.63, 3.8) is 0 Å². The molecule has 1 N–H and O–H groups in total. The fourth-order valence-electron chi connectivity index (χ4n) is 4.03. The third-order valence-corrected chi connectivity index (χ3v) is 6.53. The van der Waals surface area contributed by atoms with Crippen LogP contribution in [-0.2, 0) is 10.9 Å². The number of fused-ring (bicyclic) bond motifs is 2. The molecular formula is C20H26Cl2F3N5OS. The maximum atomic E-state index is 13.4. The van der Waals surface area contributed by atoms with Gasteiger partial charge in [-0.3, -0.25) is 9.88 Å². The number of alkyl halides is 3. The van der Waals surface area contributed by atoms with E-state index in [1.807, 2.05) is 12.1 Å². The van der Waals surface area contributed by atoms with Gasteiger partial charge in [-0.2, -0.15) is 13.2 Å². The molecule has 32 heavy (non-hydrogen) atoms. The van der Waals surface area contributed by atoms with Gasteiger partial charge in [0, 0.05) is 57.0 Å². The Kier molecular flexibility index (Phi) is 9.18. The number of hydrogen-bond acceptors (Lipinski definition) is 7. The molecule has 0 saturated carbocycles. The highest BCUT2D eigenvalue weighted by molar-refractivity contribution is 7.16. The zero-order valence-corrected chi connectivity index (χ0v) is 20.1. The van der Waals surface area contributed by atoms with Crippen LogP contribution in [0.1, 0.15) is 24.0 Å². The SMILES string of the molecule is CCN1CCN(C2=c3ncccc3=CNc3sc(C(F)(F)F)nc32)CC1CCOC.Cl.Cl. The van der Waals surface area contributed by atoms with Crippen LogP contribution in [0.4, 0.5) is 18.2 Å². The van der Waals surface area contributed by atoms with E-state index in [0.29, 0.717) is 52.8 Å². The van der Waals surface area contributed by atoms with E-state index in [9.17, 15) is 13.2 Å². The highest BCUT2D eigenvalue weighted by atomic mass is 35.5. The van der Waals surface area contributed by atoms with Crippen molar-refractivity contribution in [1.82, 2.24) is 19.8 Å². The van der Waals surface area contributed by atoms with Gasteiger partial charge in [-0.1, -0.05) is 18.3 Å². The van der Waals surface area contributed by atoms with Crippen molar-refractivity contribution in [1.29, 1.82) is 0 Å². The Bertz CT molecular complexity index is 1030. The predicted molar refractivity (Wildman–Crippen MR) is 125 cm³/mol. The van der Waals surface area contributed by atoms with Crippen LogP contribution in [0.25, 0.3) is 11.9 Å². The summed E-state index contributed by atoms with van der Waals surface area (Å²) in [6, 6.07) is 3.97. The van der Waals surface area contributed by atoms with E-state index in [0.717, 1.165) is 24.7 Å². The van der Waals surface area contributed by atoms with Gasteiger partial charge in [0.2, 0.25) is 5.01 Å². The summed E-state index contributed by atoms with van der Waals surface area (Å²) in [6.45, 7) is 5.87. The lowest BCUT2D eigenvalue weighted by molar-refractivity contribution is -0.137. The first-order chi connectivity index (χ1) is 14.4. The van der Waals surface area contributed by atoms with Gasteiger partial charge in [-0.05, 0) is 25.1 Å². The lowest BCUT2D eigenvalue weighted by Gasteiger charge is -2.42. The van der Waals surface area contributed by atoms with E-state index >= 15 is 0 Å². The number of pyridine rings is 1. The summed E-state index contributed by atoms with van der Waals surface area (Å²) in [4.78, 5) is 13.1. The van der Waals surface area contributed by atoms with Crippen LogP contribution in [0.15, 0.2) is 18.3 Å². The predicted octanol–water partition coefficient (Wildman–Crippen LogP) is 2.76. The fourth-order valence-corrected chi connectivity index (χ4v) is 4.83. The van der Waals surface area contributed by atoms with E-state index in [2.05, 4.69) is 32.0 Å². The van der Waals surface area contributed by atoms with Crippen LogP contribution in [0, 0.1) is 0 Å². The molecule has 2 aliphatic heterocycles. The van der Waals surface area contributed by atoms with Crippen molar-refractivity contribution < 1.29 is 17.9 Å². The van der Waals surface area contributed by atoms with Crippen molar-refractivity contribution in [2.45, 2.75) is 25.6 Å². The zero-order valence-electron chi connectivity index (χ0n) is 17.7. The van der Waals surface area contributed by atoms with Crippen LogP contribution in [0.5, 0.6) is 0 Å². The second kappa shape index (κ2) is 11.0. The second-order valence-electron chi connectivity index (χ2n) is 7.28. The lowest BCUT2D eigenvalue weighted by atomic mass is 10.1.